The Hall–Kier alpha value is -3.34. The maximum atomic E-state index is 13.4. The highest BCUT2D eigenvalue weighted by Gasteiger charge is 2.27. The van der Waals surface area contributed by atoms with Crippen molar-refractivity contribution < 1.29 is 31.9 Å². The first-order chi connectivity index (χ1) is 17.5. The SMILES string of the molecule is CC(C)NC(=O)[C@H](C)N(Cc1ccc(F)cc1)C(=O)CCCN(c1ccc2c(c1)OCCO2)S(C)(=O)=O. The summed E-state index contributed by atoms with van der Waals surface area (Å²) in [4.78, 5) is 27.4. The van der Waals surface area contributed by atoms with Gasteiger partial charge in [-0.15, -0.1) is 0 Å². The van der Waals surface area contributed by atoms with Gasteiger partial charge in [0.05, 0.1) is 11.9 Å². The fourth-order valence-electron chi connectivity index (χ4n) is 3.97. The number of carbonyl (C=O) groups is 2. The van der Waals surface area contributed by atoms with Gasteiger partial charge in [0, 0.05) is 31.6 Å². The lowest BCUT2D eigenvalue weighted by atomic mass is 10.1. The minimum atomic E-state index is -3.65. The molecule has 3 rings (SSSR count). The predicted molar refractivity (Wildman–Crippen MR) is 139 cm³/mol. The van der Waals surface area contributed by atoms with Crippen molar-refractivity contribution in [2.45, 2.75) is 52.2 Å². The molecule has 11 heteroatoms. The molecule has 0 unspecified atom stereocenters. The number of ether oxygens (including phenoxy) is 2. The second-order valence-corrected chi connectivity index (χ2v) is 11.2. The number of benzene rings is 2. The smallest absolute Gasteiger partial charge is 0.242 e. The van der Waals surface area contributed by atoms with Crippen molar-refractivity contribution in [1.82, 2.24) is 10.2 Å². The van der Waals surface area contributed by atoms with Crippen LogP contribution >= 0.6 is 0 Å². The Morgan fingerprint density at radius 3 is 2.30 bits per heavy atom. The molecule has 0 aromatic heterocycles. The summed E-state index contributed by atoms with van der Waals surface area (Å²) in [6.45, 7) is 6.26. The van der Waals surface area contributed by atoms with Crippen LogP contribution in [0.25, 0.3) is 0 Å². The number of carbonyl (C=O) groups excluding carboxylic acids is 2. The van der Waals surface area contributed by atoms with E-state index in [0.717, 1.165) is 6.26 Å². The fourth-order valence-corrected chi connectivity index (χ4v) is 4.92. The summed E-state index contributed by atoms with van der Waals surface area (Å²) in [5.41, 5.74) is 1.08. The van der Waals surface area contributed by atoms with E-state index in [1.807, 2.05) is 13.8 Å². The lowest BCUT2D eigenvalue weighted by molar-refractivity contribution is -0.140. The van der Waals surface area contributed by atoms with Crippen molar-refractivity contribution in [2.24, 2.45) is 0 Å². The summed E-state index contributed by atoms with van der Waals surface area (Å²) in [6, 6.07) is 9.75. The number of sulfonamides is 1. The molecule has 1 aliphatic rings. The van der Waals surface area contributed by atoms with E-state index >= 15 is 0 Å². The van der Waals surface area contributed by atoms with Crippen molar-refractivity contribution in [1.29, 1.82) is 0 Å². The fraction of sp³-hybridized carbons (Fsp3) is 0.462. The van der Waals surface area contributed by atoms with Gasteiger partial charge in [0.15, 0.2) is 11.5 Å². The lowest BCUT2D eigenvalue weighted by Gasteiger charge is -2.30. The molecule has 202 valence electrons. The van der Waals surface area contributed by atoms with Gasteiger partial charge in [-0.1, -0.05) is 12.1 Å². The summed E-state index contributed by atoms with van der Waals surface area (Å²) in [7, 11) is -3.65. The van der Waals surface area contributed by atoms with Gasteiger partial charge in [-0.05, 0) is 57.0 Å². The van der Waals surface area contributed by atoms with Crippen molar-refractivity contribution in [3.63, 3.8) is 0 Å². The zero-order valence-corrected chi connectivity index (χ0v) is 22.4. The molecule has 0 spiro atoms. The van der Waals surface area contributed by atoms with E-state index in [-0.39, 0.29) is 43.8 Å². The highest BCUT2D eigenvalue weighted by molar-refractivity contribution is 7.92. The number of nitrogens with one attached hydrogen (secondary N) is 1. The molecular weight excluding hydrogens is 501 g/mol. The maximum Gasteiger partial charge on any atom is 0.242 e. The Balaban J connectivity index is 1.73. The van der Waals surface area contributed by atoms with Crippen molar-refractivity contribution >= 4 is 27.5 Å². The number of hydrogen-bond donors (Lipinski definition) is 1. The average Bonchev–Trinajstić information content (AvgIpc) is 2.84. The van der Waals surface area contributed by atoms with Crippen molar-refractivity contribution in [3.05, 3.63) is 53.8 Å². The Kier molecular flexibility index (Phi) is 9.36. The van der Waals surface area contributed by atoms with E-state index in [1.54, 1.807) is 37.3 Å². The molecule has 0 bridgehead atoms. The number of rotatable bonds is 11. The molecule has 1 N–H and O–H groups in total. The summed E-state index contributed by atoms with van der Waals surface area (Å²) < 4.78 is 50.8. The molecule has 1 atom stereocenters. The quantitative estimate of drug-likeness (QED) is 0.474. The molecule has 1 aliphatic heterocycles. The first kappa shape index (κ1) is 28.2. The first-order valence-electron chi connectivity index (χ1n) is 12.2. The van der Waals surface area contributed by atoms with Crippen molar-refractivity contribution in [3.8, 4) is 11.5 Å². The highest BCUT2D eigenvalue weighted by atomic mass is 32.2. The second-order valence-electron chi connectivity index (χ2n) is 9.25. The molecular formula is C26H34FN3O6S. The molecule has 0 radical (unpaired) electrons. The molecule has 0 saturated heterocycles. The molecule has 2 aromatic carbocycles. The Labute approximate surface area is 217 Å². The van der Waals surface area contributed by atoms with Crippen LogP contribution in [0.2, 0.25) is 0 Å². The maximum absolute atomic E-state index is 13.4. The van der Waals surface area contributed by atoms with Crippen LogP contribution in [0, 0.1) is 5.82 Å². The van der Waals surface area contributed by atoms with E-state index in [0.29, 0.717) is 36.0 Å². The average molecular weight is 536 g/mol. The number of anilines is 1. The number of nitrogens with zero attached hydrogens (tertiary/aromatic N) is 2. The van der Waals surface area contributed by atoms with Gasteiger partial charge in [-0.3, -0.25) is 13.9 Å². The highest BCUT2D eigenvalue weighted by Crippen LogP contribution is 2.34. The summed E-state index contributed by atoms with van der Waals surface area (Å²) in [5, 5.41) is 2.81. The molecule has 2 aromatic rings. The number of amides is 2. The molecule has 1 heterocycles. The Morgan fingerprint density at radius 1 is 1.03 bits per heavy atom. The van der Waals surface area contributed by atoms with E-state index in [9.17, 15) is 22.4 Å². The first-order valence-corrected chi connectivity index (χ1v) is 14.0. The van der Waals surface area contributed by atoms with Crippen LogP contribution < -0.4 is 19.1 Å². The normalized spacial score (nSPS) is 13.7. The minimum Gasteiger partial charge on any atom is -0.486 e. The largest absolute Gasteiger partial charge is 0.486 e. The van der Waals surface area contributed by atoms with Crippen LogP contribution in [-0.2, 0) is 26.2 Å². The van der Waals surface area contributed by atoms with Crippen LogP contribution in [0.1, 0.15) is 39.2 Å². The zero-order valence-electron chi connectivity index (χ0n) is 21.6. The zero-order chi connectivity index (χ0) is 27.2. The van der Waals surface area contributed by atoms with Crippen molar-refractivity contribution in [2.75, 3.05) is 30.3 Å². The van der Waals surface area contributed by atoms with E-state index in [2.05, 4.69) is 5.32 Å². The van der Waals surface area contributed by atoms with Gasteiger partial charge in [0.25, 0.3) is 0 Å². The molecule has 0 saturated carbocycles. The molecule has 2 amide bonds. The third-order valence-electron chi connectivity index (χ3n) is 5.83. The van der Waals surface area contributed by atoms with Crippen LogP contribution in [-0.4, -0.2) is 63.2 Å². The number of hydrogen-bond acceptors (Lipinski definition) is 6. The van der Waals surface area contributed by atoms with Gasteiger partial charge in [0.2, 0.25) is 21.8 Å². The number of halogens is 1. The Morgan fingerprint density at radius 2 is 1.68 bits per heavy atom. The molecule has 0 fully saturated rings. The Bertz CT molecular complexity index is 1200. The molecule has 37 heavy (non-hydrogen) atoms. The summed E-state index contributed by atoms with van der Waals surface area (Å²) in [5.74, 6) is -0.00856. The van der Waals surface area contributed by atoms with Gasteiger partial charge in [-0.25, -0.2) is 12.8 Å². The minimum absolute atomic E-state index is 0.0110. The summed E-state index contributed by atoms with van der Waals surface area (Å²) in [6.07, 6.45) is 1.33. The van der Waals surface area contributed by atoms with Gasteiger partial charge < -0.3 is 19.7 Å². The second kappa shape index (κ2) is 12.3. The van der Waals surface area contributed by atoms with Crippen LogP contribution in [0.3, 0.4) is 0 Å². The van der Waals surface area contributed by atoms with E-state index < -0.39 is 21.9 Å². The lowest BCUT2D eigenvalue weighted by Crippen LogP contribution is -2.49. The summed E-state index contributed by atoms with van der Waals surface area (Å²) >= 11 is 0. The third-order valence-corrected chi connectivity index (χ3v) is 7.02. The molecule has 9 nitrogen and oxygen atoms in total. The van der Waals surface area contributed by atoms with Crippen LogP contribution in [0.15, 0.2) is 42.5 Å². The predicted octanol–water partition coefficient (Wildman–Crippen LogP) is 3.09. The third kappa shape index (κ3) is 7.82. The van der Waals surface area contributed by atoms with Crippen LogP contribution in [0.5, 0.6) is 11.5 Å². The standard InChI is InChI=1S/C26H34FN3O6S/c1-18(2)28-26(32)19(3)29(17-20-7-9-21(27)10-8-20)25(31)6-5-13-30(37(4,33)34)22-11-12-23-24(16-22)36-15-14-35-23/h7-12,16,18-19H,5-6,13-15,17H2,1-4H3,(H,28,32)/t19-/m0/s1. The monoisotopic (exact) mass is 535 g/mol. The van der Waals surface area contributed by atoms with E-state index in [1.165, 1.54) is 21.3 Å². The molecule has 0 aliphatic carbocycles. The van der Waals surface area contributed by atoms with E-state index in [4.69, 9.17) is 9.47 Å². The van der Waals surface area contributed by atoms with Gasteiger partial charge in [-0.2, -0.15) is 0 Å². The topological polar surface area (TPSA) is 105 Å². The van der Waals surface area contributed by atoms with Gasteiger partial charge >= 0.3 is 0 Å². The van der Waals surface area contributed by atoms with Gasteiger partial charge in [0.1, 0.15) is 25.1 Å². The van der Waals surface area contributed by atoms with Crippen LogP contribution in [0.4, 0.5) is 10.1 Å². The number of fused-ring (bicyclic) bond motifs is 1.